The maximum atomic E-state index is 11.8. The molecule has 2 aliphatic heterocycles. The van der Waals surface area contributed by atoms with E-state index in [9.17, 15) is 4.79 Å². The summed E-state index contributed by atoms with van der Waals surface area (Å²) in [5.74, 6) is -0.347. The summed E-state index contributed by atoms with van der Waals surface area (Å²) in [4.78, 5) is 20.6. The second-order valence-corrected chi connectivity index (χ2v) is 11.9. The number of aliphatic hydroxyl groups is 1. The Morgan fingerprint density at radius 3 is 2.33 bits per heavy atom. The molecule has 0 radical (unpaired) electrons. The molecule has 11 nitrogen and oxygen atoms in total. The summed E-state index contributed by atoms with van der Waals surface area (Å²) in [5.41, 5.74) is 3.65. The van der Waals surface area contributed by atoms with Crippen LogP contribution in [0.15, 0.2) is 85.5 Å². The van der Waals surface area contributed by atoms with Crippen LogP contribution in [0.25, 0.3) is 0 Å². The Hall–Kier alpha value is -4.00. The molecular weight excluding hydrogens is 631 g/mol. The maximum absolute atomic E-state index is 11.8. The van der Waals surface area contributed by atoms with E-state index in [0.717, 1.165) is 43.3 Å². The molecule has 3 heterocycles. The molecular formula is C33H36Cl2N6O5. The number of piperazine rings is 1. The number of anilines is 3. The van der Waals surface area contributed by atoms with Gasteiger partial charge in [0, 0.05) is 72.8 Å². The van der Waals surface area contributed by atoms with Crippen molar-refractivity contribution in [1.82, 2.24) is 14.9 Å². The van der Waals surface area contributed by atoms with Crippen molar-refractivity contribution in [3.63, 3.8) is 0 Å². The summed E-state index contributed by atoms with van der Waals surface area (Å²) in [6, 6.07) is 20.9. The zero-order valence-electron chi connectivity index (χ0n) is 25.1. The number of urea groups is 1. The number of ether oxygens (including phenoxy) is 3. The first-order chi connectivity index (χ1) is 22.4. The van der Waals surface area contributed by atoms with Gasteiger partial charge in [-0.05, 0) is 60.7 Å². The number of nitrogens with one attached hydrogen (secondary N) is 2. The highest BCUT2D eigenvalue weighted by Crippen LogP contribution is 2.40. The number of imidazole rings is 1. The van der Waals surface area contributed by atoms with Crippen molar-refractivity contribution in [2.24, 2.45) is 0 Å². The number of hydrogen-bond donors (Lipinski definition) is 3. The van der Waals surface area contributed by atoms with E-state index in [4.69, 9.17) is 42.5 Å². The predicted molar refractivity (Wildman–Crippen MR) is 178 cm³/mol. The third-order valence-electron chi connectivity index (χ3n) is 7.96. The third kappa shape index (κ3) is 7.68. The second-order valence-electron chi connectivity index (χ2n) is 11.1. The van der Waals surface area contributed by atoms with Crippen molar-refractivity contribution in [2.45, 2.75) is 18.4 Å². The van der Waals surface area contributed by atoms with Crippen LogP contribution >= 0.6 is 23.2 Å². The Kier molecular flexibility index (Phi) is 10.2. The SMILES string of the molecule is O=C(NCCO)Nc1ccc(N2CCN(c3ccc(OC[C@@H]4CO[C@@](Cn5ccnc5)(c5ccc(Cl)cc5Cl)O4)cc3)CC2)cc1. The van der Waals surface area contributed by atoms with E-state index in [1.165, 1.54) is 0 Å². The first-order valence-electron chi connectivity index (χ1n) is 15.1. The summed E-state index contributed by atoms with van der Waals surface area (Å²) in [6.07, 6.45) is 4.96. The number of carbonyl (C=O) groups is 1. The van der Waals surface area contributed by atoms with Crippen molar-refractivity contribution in [1.29, 1.82) is 0 Å². The summed E-state index contributed by atoms with van der Waals surface area (Å²) in [6.45, 7) is 4.66. The summed E-state index contributed by atoms with van der Waals surface area (Å²) in [5, 5.41) is 15.2. The van der Waals surface area contributed by atoms with E-state index in [2.05, 4.69) is 37.6 Å². The average Bonchev–Trinajstić information content (AvgIpc) is 3.74. The van der Waals surface area contributed by atoms with Crippen molar-refractivity contribution in [2.75, 3.05) is 67.7 Å². The lowest BCUT2D eigenvalue weighted by Gasteiger charge is -2.37. The Bertz CT molecular complexity index is 1580. The minimum Gasteiger partial charge on any atom is -0.491 e. The number of halogens is 2. The van der Waals surface area contributed by atoms with Gasteiger partial charge >= 0.3 is 6.03 Å². The molecule has 2 amide bonds. The number of benzene rings is 3. The van der Waals surface area contributed by atoms with Crippen LogP contribution in [0.5, 0.6) is 5.75 Å². The van der Waals surface area contributed by atoms with Gasteiger partial charge in [-0.1, -0.05) is 29.3 Å². The van der Waals surface area contributed by atoms with Gasteiger partial charge in [-0.2, -0.15) is 0 Å². The minimum atomic E-state index is -1.10. The largest absolute Gasteiger partial charge is 0.491 e. The molecule has 2 fully saturated rings. The van der Waals surface area contributed by atoms with Crippen molar-refractivity contribution in [3.05, 3.63) is 101 Å². The lowest BCUT2D eigenvalue weighted by atomic mass is 10.1. The molecule has 3 aromatic carbocycles. The average molecular weight is 668 g/mol. The predicted octanol–water partition coefficient (Wildman–Crippen LogP) is 4.98. The van der Waals surface area contributed by atoms with Gasteiger partial charge in [-0.15, -0.1) is 0 Å². The molecule has 242 valence electrons. The first-order valence-corrected chi connectivity index (χ1v) is 15.9. The molecule has 46 heavy (non-hydrogen) atoms. The fourth-order valence-electron chi connectivity index (χ4n) is 5.64. The van der Waals surface area contributed by atoms with E-state index in [1.54, 1.807) is 24.7 Å². The second kappa shape index (κ2) is 14.6. The van der Waals surface area contributed by atoms with Gasteiger partial charge in [0.25, 0.3) is 0 Å². The Balaban J connectivity index is 0.999. The van der Waals surface area contributed by atoms with Crippen LogP contribution in [-0.4, -0.2) is 79.3 Å². The molecule has 0 saturated carbocycles. The molecule has 2 atom stereocenters. The molecule has 2 aliphatic rings. The zero-order valence-corrected chi connectivity index (χ0v) is 26.7. The molecule has 1 aromatic heterocycles. The lowest BCUT2D eigenvalue weighted by Crippen LogP contribution is -2.46. The standard InChI is InChI=1S/C33H36Cl2N6O5/c34-24-1-10-30(31(35)19-24)33(22-39-13-11-36-23-39)45-21-29(46-33)20-44-28-8-6-27(7-9-28)41-16-14-40(15-17-41)26-4-2-25(3-5-26)38-32(43)37-12-18-42/h1-11,13,19,23,29,42H,12,14-18,20-22H2,(H2,37,38,43)/t29-,33-/m1/s1. The van der Waals surface area contributed by atoms with Gasteiger partial charge in [0.1, 0.15) is 18.5 Å². The molecule has 13 heteroatoms. The number of amides is 2. The monoisotopic (exact) mass is 666 g/mol. The third-order valence-corrected chi connectivity index (χ3v) is 8.50. The Labute approximate surface area is 277 Å². The highest BCUT2D eigenvalue weighted by molar-refractivity contribution is 6.35. The molecule has 0 aliphatic carbocycles. The van der Waals surface area contributed by atoms with Crippen LogP contribution < -0.4 is 25.2 Å². The number of nitrogens with zero attached hydrogens (tertiary/aromatic N) is 4. The van der Waals surface area contributed by atoms with Gasteiger partial charge in [0.15, 0.2) is 0 Å². The molecule has 3 N–H and O–H groups in total. The van der Waals surface area contributed by atoms with Crippen molar-refractivity contribution < 1.29 is 24.1 Å². The van der Waals surface area contributed by atoms with E-state index in [-0.39, 0.29) is 25.3 Å². The van der Waals surface area contributed by atoms with E-state index in [1.807, 2.05) is 53.2 Å². The van der Waals surface area contributed by atoms with Crippen LogP contribution in [0.1, 0.15) is 5.56 Å². The fraction of sp³-hybridized carbons (Fsp3) is 0.333. The van der Waals surface area contributed by atoms with Gasteiger partial charge in [0.2, 0.25) is 5.79 Å². The highest BCUT2D eigenvalue weighted by Gasteiger charge is 2.45. The van der Waals surface area contributed by atoms with Gasteiger partial charge in [0.05, 0.1) is 31.1 Å². The van der Waals surface area contributed by atoms with Crippen LogP contribution in [0.4, 0.5) is 21.9 Å². The Morgan fingerprint density at radius 2 is 1.70 bits per heavy atom. The first kappa shape index (κ1) is 32.0. The summed E-state index contributed by atoms with van der Waals surface area (Å²) >= 11 is 12.7. The number of carbonyl (C=O) groups excluding carboxylic acids is 1. The number of aliphatic hydroxyl groups excluding tert-OH is 1. The minimum absolute atomic E-state index is 0.0974. The molecule has 6 rings (SSSR count). The molecule has 0 bridgehead atoms. The highest BCUT2D eigenvalue weighted by atomic mass is 35.5. The molecule has 0 unspecified atom stereocenters. The molecule has 2 saturated heterocycles. The smallest absolute Gasteiger partial charge is 0.319 e. The number of hydrogen-bond acceptors (Lipinski definition) is 8. The van der Waals surface area contributed by atoms with Crippen molar-refractivity contribution >= 4 is 46.3 Å². The molecule has 4 aromatic rings. The summed E-state index contributed by atoms with van der Waals surface area (Å²) < 4.78 is 20.8. The molecule has 0 spiro atoms. The number of rotatable bonds is 11. The zero-order chi connectivity index (χ0) is 31.9. The maximum Gasteiger partial charge on any atom is 0.319 e. The van der Waals surface area contributed by atoms with Crippen LogP contribution in [-0.2, 0) is 21.8 Å². The van der Waals surface area contributed by atoms with Crippen LogP contribution in [0.2, 0.25) is 10.0 Å². The normalized spacial score (nSPS) is 19.7. The van der Waals surface area contributed by atoms with E-state index in [0.29, 0.717) is 41.1 Å². The van der Waals surface area contributed by atoms with E-state index < -0.39 is 5.79 Å². The number of aromatic nitrogens is 2. The van der Waals surface area contributed by atoms with E-state index >= 15 is 0 Å². The fourth-order valence-corrected chi connectivity index (χ4v) is 6.19. The topological polar surface area (TPSA) is 113 Å². The van der Waals surface area contributed by atoms with Gasteiger partial charge in [-0.3, -0.25) is 0 Å². The Morgan fingerprint density at radius 1 is 1.00 bits per heavy atom. The quantitative estimate of drug-likeness (QED) is 0.206. The van der Waals surface area contributed by atoms with Crippen molar-refractivity contribution in [3.8, 4) is 5.75 Å². The van der Waals surface area contributed by atoms with Crippen LogP contribution in [0.3, 0.4) is 0 Å². The van der Waals surface area contributed by atoms with Gasteiger partial charge in [-0.25, -0.2) is 9.78 Å². The lowest BCUT2D eigenvalue weighted by molar-refractivity contribution is -0.189. The van der Waals surface area contributed by atoms with Crippen LogP contribution in [0, 0.1) is 0 Å². The summed E-state index contributed by atoms with van der Waals surface area (Å²) in [7, 11) is 0. The van der Waals surface area contributed by atoms with Gasteiger partial charge < -0.3 is 44.3 Å².